The lowest BCUT2D eigenvalue weighted by molar-refractivity contribution is -0.162. The fourth-order valence-corrected chi connectivity index (χ4v) is 5.02. The number of amides is 2. The maximum absolute atomic E-state index is 12.9. The molecule has 0 bridgehead atoms. The van der Waals surface area contributed by atoms with Gasteiger partial charge in [0, 0.05) is 19.6 Å². The highest BCUT2D eigenvalue weighted by Crippen LogP contribution is 2.32. The number of esters is 1. The van der Waals surface area contributed by atoms with Crippen molar-refractivity contribution in [3.63, 3.8) is 0 Å². The summed E-state index contributed by atoms with van der Waals surface area (Å²) in [6.07, 6.45) is 7.23. The molecule has 3 rings (SSSR count). The summed E-state index contributed by atoms with van der Waals surface area (Å²) in [5, 5.41) is 2.78. The molecule has 2 aliphatic rings. The molecule has 1 aromatic carbocycles. The molecule has 0 atom stereocenters. The van der Waals surface area contributed by atoms with E-state index in [0.29, 0.717) is 12.8 Å². The van der Waals surface area contributed by atoms with E-state index in [4.69, 9.17) is 4.74 Å². The molecule has 2 amide bonds. The number of hydrogen-bond acceptors (Lipinski definition) is 5. The van der Waals surface area contributed by atoms with E-state index in [1.807, 2.05) is 20.8 Å². The van der Waals surface area contributed by atoms with E-state index >= 15 is 0 Å². The molecule has 2 aliphatic heterocycles. The second kappa shape index (κ2) is 11.8. The number of likely N-dealkylation sites (tertiary alicyclic amines) is 1. The third-order valence-electron chi connectivity index (χ3n) is 6.82. The summed E-state index contributed by atoms with van der Waals surface area (Å²) >= 11 is 0. The van der Waals surface area contributed by atoms with Crippen molar-refractivity contribution in [1.82, 2.24) is 15.1 Å². The van der Waals surface area contributed by atoms with Crippen molar-refractivity contribution >= 4 is 17.8 Å². The van der Waals surface area contributed by atoms with Crippen LogP contribution in [-0.4, -0.2) is 71.4 Å². The zero-order valence-corrected chi connectivity index (χ0v) is 21.1. The minimum Gasteiger partial charge on any atom is -0.460 e. The van der Waals surface area contributed by atoms with Crippen molar-refractivity contribution in [3.8, 4) is 0 Å². The summed E-state index contributed by atoms with van der Waals surface area (Å²) < 4.78 is 5.40. The number of piperidine rings is 1. The van der Waals surface area contributed by atoms with Crippen LogP contribution in [0.2, 0.25) is 0 Å². The Labute approximate surface area is 204 Å². The average molecular weight is 472 g/mol. The van der Waals surface area contributed by atoms with Crippen LogP contribution in [-0.2, 0) is 25.5 Å². The zero-order valence-electron chi connectivity index (χ0n) is 21.1. The molecule has 34 heavy (non-hydrogen) atoms. The number of piperazine rings is 1. The van der Waals surface area contributed by atoms with Gasteiger partial charge in [-0.15, -0.1) is 0 Å². The summed E-state index contributed by atoms with van der Waals surface area (Å²) in [5.74, 6) is -0.544. The normalized spacial score (nSPS) is 18.7. The Hall–Kier alpha value is -2.41. The number of rotatable bonds is 10. The van der Waals surface area contributed by atoms with Crippen molar-refractivity contribution in [2.24, 2.45) is 0 Å². The van der Waals surface area contributed by atoms with Gasteiger partial charge in [-0.2, -0.15) is 0 Å². The minimum absolute atomic E-state index is 0.00158. The van der Waals surface area contributed by atoms with Crippen LogP contribution in [0.3, 0.4) is 0 Å². The van der Waals surface area contributed by atoms with Crippen LogP contribution in [0, 0.1) is 0 Å². The summed E-state index contributed by atoms with van der Waals surface area (Å²) in [6.45, 7) is 8.29. The van der Waals surface area contributed by atoms with Gasteiger partial charge in [0.2, 0.25) is 11.8 Å². The number of benzene rings is 1. The highest BCUT2D eigenvalue weighted by Gasteiger charge is 2.50. The van der Waals surface area contributed by atoms with Crippen molar-refractivity contribution in [1.29, 1.82) is 0 Å². The molecule has 0 unspecified atom stereocenters. The number of carbonyl (C=O) groups excluding carboxylic acids is 3. The molecular formula is C27H41N3O4. The lowest BCUT2D eigenvalue weighted by atomic mass is 9.82. The first-order chi connectivity index (χ1) is 16.2. The van der Waals surface area contributed by atoms with Crippen LogP contribution in [0.15, 0.2) is 30.3 Å². The largest absolute Gasteiger partial charge is 0.460 e. The molecule has 7 heteroatoms. The lowest BCUT2D eigenvalue weighted by Crippen LogP contribution is -2.70. The van der Waals surface area contributed by atoms with Gasteiger partial charge in [0.15, 0.2) is 0 Å². The van der Waals surface area contributed by atoms with E-state index in [2.05, 4.69) is 40.5 Å². The van der Waals surface area contributed by atoms with Crippen molar-refractivity contribution in [2.75, 3.05) is 32.7 Å². The fourth-order valence-electron chi connectivity index (χ4n) is 5.02. The predicted molar refractivity (Wildman–Crippen MR) is 132 cm³/mol. The van der Waals surface area contributed by atoms with E-state index in [-0.39, 0.29) is 37.3 Å². The molecule has 1 spiro atoms. The number of unbranched alkanes of at least 4 members (excludes halogenated alkanes) is 3. The monoisotopic (exact) mass is 471 g/mol. The molecule has 7 nitrogen and oxygen atoms in total. The minimum atomic E-state index is -0.844. The van der Waals surface area contributed by atoms with Crippen LogP contribution in [0.5, 0.6) is 0 Å². The van der Waals surface area contributed by atoms with Gasteiger partial charge in [0.25, 0.3) is 0 Å². The Morgan fingerprint density at radius 3 is 2.35 bits per heavy atom. The maximum Gasteiger partial charge on any atom is 0.308 e. The first-order valence-corrected chi connectivity index (χ1v) is 12.8. The SMILES string of the molecule is CC(C)(C)OC(=O)CCN1C(=O)CNC(=O)C12CCN(CCCCCCc1ccccc1)CC2. The molecule has 1 aromatic rings. The summed E-state index contributed by atoms with van der Waals surface area (Å²) in [7, 11) is 0. The molecule has 0 aromatic heterocycles. The quantitative estimate of drug-likeness (QED) is 0.418. The smallest absolute Gasteiger partial charge is 0.308 e. The highest BCUT2D eigenvalue weighted by molar-refractivity contribution is 5.98. The Bertz CT molecular complexity index is 826. The Kier molecular flexibility index (Phi) is 9.11. The number of hydrogen-bond donors (Lipinski definition) is 1. The Morgan fingerprint density at radius 2 is 1.68 bits per heavy atom. The number of aryl methyl sites for hydroxylation is 1. The van der Waals surface area contributed by atoms with Crippen molar-refractivity contribution in [3.05, 3.63) is 35.9 Å². The first-order valence-electron chi connectivity index (χ1n) is 12.8. The van der Waals surface area contributed by atoms with E-state index in [1.165, 1.54) is 24.8 Å². The van der Waals surface area contributed by atoms with Crippen molar-refractivity contribution in [2.45, 2.75) is 83.3 Å². The van der Waals surface area contributed by atoms with Gasteiger partial charge in [0.1, 0.15) is 11.1 Å². The molecule has 2 heterocycles. The first kappa shape index (κ1) is 26.2. The van der Waals surface area contributed by atoms with Gasteiger partial charge in [0.05, 0.1) is 13.0 Å². The number of nitrogens with zero attached hydrogens (tertiary/aromatic N) is 2. The summed E-state index contributed by atoms with van der Waals surface area (Å²) in [6, 6.07) is 10.6. The van der Waals surface area contributed by atoms with Crippen LogP contribution in [0.4, 0.5) is 0 Å². The van der Waals surface area contributed by atoms with Crippen LogP contribution in [0.25, 0.3) is 0 Å². The zero-order chi connectivity index (χ0) is 24.6. The van der Waals surface area contributed by atoms with E-state index in [9.17, 15) is 14.4 Å². The lowest BCUT2D eigenvalue weighted by Gasteiger charge is -2.49. The van der Waals surface area contributed by atoms with E-state index < -0.39 is 11.1 Å². The molecule has 0 aliphatic carbocycles. The molecular weight excluding hydrogens is 430 g/mol. The second-order valence-electron chi connectivity index (χ2n) is 10.6. The van der Waals surface area contributed by atoms with E-state index in [1.54, 1.807) is 4.90 Å². The highest BCUT2D eigenvalue weighted by atomic mass is 16.6. The summed E-state index contributed by atoms with van der Waals surface area (Å²) in [5.41, 5.74) is -0.00516. The summed E-state index contributed by atoms with van der Waals surface area (Å²) in [4.78, 5) is 41.9. The molecule has 2 fully saturated rings. The van der Waals surface area contributed by atoms with Gasteiger partial charge >= 0.3 is 5.97 Å². The second-order valence-corrected chi connectivity index (χ2v) is 10.6. The van der Waals surface area contributed by atoms with Gasteiger partial charge in [-0.1, -0.05) is 43.2 Å². The maximum atomic E-state index is 12.9. The molecule has 188 valence electrons. The average Bonchev–Trinajstić information content (AvgIpc) is 2.79. The number of nitrogens with one attached hydrogen (secondary N) is 1. The fraction of sp³-hybridized carbons (Fsp3) is 0.667. The number of ether oxygens (including phenoxy) is 1. The van der Waals surface area contributed by atoms with Gasteiger partial charge < -0.3 is 19.9 Å². The molecule has 2 saturated heterocycles. The molecule has 0 radical (unpaired) electrons. The topological polar surface area (TPSA) is 79.0 Å². The van der Waals surface area contributed by atoms with Gasteiger partial charge in [-0.3, -0.25) is 14.4 Å². The van der Waals surface area contributed by atoms with Crippen LogP contribution in [0.1, 0.15) is 71.3 Å². The van der Waals surface area contributed by atoms with Crippen LogP contribution < -0.4 is 5.32 Å². The van der Waals surface area contributed by atoms with Gasteiger partial charge in [-0.25, -0.2) is 0 Å². The third kappa shape index (κ3) is 7.29. The van der Waals surface area contributed by atoms with Gasteiger partial charge in [-0.05, 0) is 65.0 Å². The third-order valence-corrected chi connectivity index (χ3v) is 6.82. The van der Waals surface area contributed by atoms with E-state index in [0.717, 1.165) is 32.5 Å². The van der Waals surface area contributed by atoms with Crippen molar-refractivity contribution < 1.29 is 19.1 Å². The Balaban J connectivity index is 1.43. The molecule has 0 saturated carbocycles. The van der Waals surface area contributed by atoms with Crippen LogP contribution >= 0.6 is 0 Å². The number of carbonyl (C=O) groups is 3. The predicted octanol–water partition coefficient (Wildman–Crippen LogP) is 3.31. The molecule has 1 N–H and O–H groups in total. The standard InChI is InChI=1S/C27H41N3O4/c1-26(2,3)34-24(32)14-18-30-23(31)21-28-25(33)27(30)15-19-29(20-16-27)17-10-5-4-7-11-22-12-8-6-9-13-22/h6,8-9,12-13H,4-5,7,10-11,14-21H2,1-3H3,(H,28,33). The Morgan fingerprint density at radius 1 is 1.00 bits per heavy atom.